The molecule has 0 saturated heterocycles. The highest BCUT2D eigenvalue weighted by Crippen LogP contribution is 2.54. The smallest absolute Gasteiger partial charge is 0.453 e. The standard InChI is InChI=1S/C31H23F14NO2/c1-14(2)25-23(24(33)16-6-10-17(11-7-16)28(36,37)38)21(15-8-12-18(32)13-9-15)22-19(46-25)4-3-5-20(22)48-26(47)27(34,35)29(39,40)30(41,42)31(43,44)45/h6-14,20,24H,3-5H2,1-2H3. The number of alkyl halides is 13. The molecule has 3 aromatic rings. The molecule has 17 heteroatoms. The van der Waals surface area contributed by atoms with E-state index in [4.69, 9.17) is 0 Å². The van der Waals surface area contributed by atoms with Crippen LogP contribution in [0.15, 0.2) is 48.5 Å². The molecule has 1 aliphatic rings. The van der Waals surface area contributed by atoms with Gasteiger partial charge in [0, 0.05) is 16.8 Å². The van der Waals surface area contributed by atoms with E-state index in [9.17, 15) is 61.9 Å². The number of hydrogen-bond donors (Lipinski definition) is 0. The van der Waals surface area contributed by atoms with Gasteiger partial charge in [-0.3, -0.25) is 4.98 Å². The van der Waals surface area contributed by atoms with Crippen LogP contribution in [0.2, 0.25) is 0 Å². The molecule has 0 N–H and O–H groups in total. The summed E-state index contributed by atoms with van der Waals surface area (Å²) in [5, 5.41) is 0. The highest BCUT2D eigenvalue weighted by atomic mass is 19.4. The first-order valence-corrected chi connectivity index (χ1v) is 14.0. The molecular weight excluding hydrogens is 684 g/mol. The molecule has 0 radical (unpaired) electrons. The molecule has 4 rings (SSSR count). The molecule has 0 fully saturated rings. The molecule has 1 aliphatic carbocycles. The first kappa shape index (κ1) is 36.9. The number of fused-ring (bicyclic) bond motifs is 1. The largest absolute Gasteiger partial charge is 0.460 e. The normalized spacial score (nSPS) is 16.9. The fourth-order valence-electron chi connectivity index (χ4n) is 5.28. The molecule has 1 heterocycles. The van der Waals surface area contributed by atoms with Crippen LogP contribution in [0.4, 0.5) is 61.5 Å². The second-order valence-electron chi connectivity index (χ2n) is 11.3. The van der Waals surface area contributed by atoms with Crippen molar-refractivity contribution < 1.29 is 71.0 Å². The SMILES string of the molecule is CC(C)c1nc2c(c(-c3ccc(F)cc3)c1C(F)c1ccc(C(F)(F)F)cc1)C(OC(=O)C(F)(F)C(F)(F)C(F)(F)C(F)(F)F)CCC2. The summed E-state index contributed by atoms with van der Waals surface area (Å²) in [6.07, 6.45) is -17.1. The van der Waals surface area contributed by atoms with Crippen molar-refractivity contribution in [2.75, 3.05) is 0 Å². The molecule has 0 spiro atoms. The number of rotatable bonds is 8. The predicted molar refractivity (Wildman–Crippen MR) is 141 cm³/mol. The number of pyridine rings is 1. The third-order valence-electron chi connectivity index (χ3n) is 7.70. The zero-order valence-electron chi connectivity index (χ0n) is 24.5. The van der Waals surface area contributed by atoms with Crippen LogP contribution in [-0.4, -0.2) is 34.9 Å². The number of aromatic nitrogens is 1. The minimum Gasteiger partial charge on any atom is -0.453 e. The minimum absolute atomic E-state index is 0.0332. The van der Waals surface area contributed by atoms with Gasteiger partial charge in [0.25, 0.3) is 0 Å². The van der Waals surface area contributed by atoms with Crippen LogP contribution < -0.4 is 0 Å². The number of benzene rings is 2. The lowest BCUT2D eigenvalue weighted by Crippen LogP contribution is -2.63. The quantitative estimate of drug-likeness (QED) is 0.173. The van der Waals surface area contributed by atoms with Crippen LogP contribution in [0.3, 0.4) is 0 Å². The van der Waals surface area contributed by atoms with E-state index in [0.717, 1.165) is 36.4 Å². The summed E-state index contributed by atoms with van der Waals surface area (Å²) in [7, 11) is 0. The van der Waals surface area contributed by atoms with Crippen molar-refractivity contribution >= 4 is 5.97 Å². The van der Waals surface area contributed by atoms with Crippen LogP contribution in [0.5, 0.6) is 0 Å². The number of hydrogen-bond acceptors (Lipinski definition) is 3. The van der Waals surface area contributed by atoms with E-state index in [1.807, 2.05) is 0 Å². The number of aryl methyl sites for hydroxylation is 1. The Balaban J connectivity index is 1.93. The van der Waals surface area contributed by atoms with Crippen molar-refractivity contribution in [3.05, 3.63) is 88.0 Å². The van der Waals surface area contributed by atoms with E-state index in [1.54, 1.807) is 0 Å². The second-order valence-corrected chi connectivity index (χ2v) is 11.3. The second kappa shape index (κ2) is 12.5. The summed E-state index contributed by atoms with van der Waals surface area (Å²) in [5.74, 6) is -26.4. The van der Waals surface area contributed by atoms with Gasteiger partial charge in [-0.2, -0.15) is 52.7 Å². The Morgan fingerprint density at radius 1 is 0.833 bits per heavy atom. The number of carbonyl (C=O) groups is 1. The van der Waals surface area contributed by atoms with E-state index < -0.39 is 83.2 Å². The van der Waals surface area contributed by atoms with Crippen LogP contribution in [0.1, 0.15) is 78.5 Å². The van der Waals surface area contributed by atoms with Gasteiger partial charge in [-0.05, 0) is 66.1 Å². The highest BCUT2D eigenvalue weighted by molar-refractivity contribution is 5.81. The highest BCUT2D eigenvalue weighted by Gasteiger charge is 2.84. The van der Waals surface area contributed by atoms with Crippen LogP contribution in [0.25, 0.3) is 11.1 Å². The Hall–Kier alpha value is -3.92. The van der Waals surface area contributed by atoms with Gasteiger partial charge in [0.05, 0.1) is 11.3 Å². The summed E-state index contributed by atoms with van der Waals surface area (Å²) in [5.41, 5.74) is -2.87. The lowest BCUT2D eigenvalue weighted by atomic mass is 9.80. The Morgan fingerprint density at radius 3 is 1.90 bits per heavy atom. The zero-order valence-corrected chi connectivity index (χ0v) is 24.5. The fraction of sp³-hybridized carbons (Fsp3) is 0.419. The molecule has 2 unspecified atom stereocenters. The Morgan fingerprint density at radius 2 is 1.40 bits per heavy atom. The number of ether oxygens (including phenoxy) is 1. The summed E-state index contributed by atoms with van der Waals surface area (Å²) in [6, 6.07) is 6.64. The third kappa shape index (κ3) is 6.43. The monoisotopic (exact) mass is 707 g/mol. The van der Waals surface area contributed by atoms with Crippen molar-refractivity contribution in [1.29, 1.82) is 0 Å². The maximum atomic E-state index is 16.6. The predicted octanol–water partition coefficient (Wildman–Crippen LogP) is 10.5. The van der Waals surface area contributed by atoms with E-state index in [1.165, 1.54) is 13.8 Å². The Labute approximate surface area is 262 Å². The lowest BCUT2D eigenvalue weighted by Gasteiger charge is -2.35. The number of esters is 1. The summed E-state index contributed by atoms with van der Waals surface area (Å²) < 4.78 is 197. The maximum absolute atomic E-state index is 16.6. The summed E-state index contributed by atoms with van der Waals surface area (Å²) in [6.45, 7) is 3.08. The van der Waals surface area contributed by atoms with Crippen LogP contribution >= 0.6 is 0 Å². The van der Waals surface area contributed by atoms with Gasteiger partial charge < -0.3 is 4.74 Å². The van der Waals surface area contributed by atoms with Gasteiger partial charge in [0.1, 0.15) is 11.9 Å². The third-order valence-corrected chi connectivity index (χ3v) is 7.70. The van der Waals surface area contributed by atoms with Crippen molar-refractivity contribution in [1.82, 2.24) is 4.98 Å². The van der Waals surface area contributed by atoms with Gasteiger partial charge in [0.15, 0.2) is 6.17 Å². The lowest BCUT2D eigenvalue weighted by molar-refractivity contribution is -0.391. The molecule has 262 valence electrons. The number of carbonyl (C=O) groups excluding carboxylic acids is 1. The summed E-state index contributed by atoms with van der Waals surface area (Å²) in [4.78, 5) is 16.8. The molecule has 0 aliphatic heterocycles. The van der Waals surface area contributed by atoms with Crippen molar-refractivity contribution in [2.24, 2.45) is 0 Å². The van der Waals surface area contributed by atoms with Crippen molar-refractivity contribution in [2.45, 2.75) is 81.4 Å². The van der Waals surface area contributed by atoms with Crippen molar-refractivity contribution in [3.8, 4) is 11.1 Å². The molecule has 1 aromatic heterocycles. The number of nitrogens with zero attached hydrogens (tertiary/aromatic N) is 1. The number of halogens is 14. The molecule has 0 saturated carbocycles. The average molecular weight is 708 g/mol. The topological polar surface area (TPSA) is 39.2 Å². The van der Waals surface area contributed by atoms with Crippen LogP contribution in [-0.2, 0) is 22.1 Å². The Bertz CT molecular complexity index is 1650. The van der Waals surface area contributed by atoms with Gasteiger partial charge in [-0.1, -0.05) is 38.1 Å². The Kier molecular flexibility index (Phi) is 9.62. The van der Waals surface area contributed by atoms with E-state index in [-0.39, 0.29) is 40.9 Å². The first-order valence-electron chi connectivity index (χ1n) is 14.0. The fourth-order valence-corrected chi connectivity index (χ4v) is 5.28. The van der Waals surface area contributed by atoms with Crippen molar-refractivity contribution in [3.63, 3.8) is 0 Å². The molecule has 0 amide bonds. The van der Waals surface area contributed by atoms with Gasteiger partial charge >= 0.3 is 36.1 Å². The average Bonchev–Trinajstić information content (AvgIpc) is 2.99. The van der Waals surface area contributed by atoms with E-state index >= 15 is 4.39 Å². The van der Waals surface area contributed by atoms with Gasteiger partial charge in [-0.25, -0.2) is 13.6 Å². The maximum Gasteiger partial charge on any atom is 0.460 e. The van der Waals surface area contributed by atoms with E-state index in [0.29, 0.717) is 12.1 Å². The van der Waals surface area contributed by atoms with Crippen LogP contribution in [0, 0.1) is 5.82 Å². The molecule has 3 nitrogen and oxygen atoms in total. The molecular formula is C31H23F14NO2. The first-order chi connectivity index (χ1) is 21.9. The molecule has 2 atom stereocenters. The molecule has 48 heavy (non-hydrogen) atoms. The van der Waals surface area contributed by atoms with E-state index in [2.05, 4.69) is 9.72 Å². The minimum atomic E-state index is -7.38. The van der Waals surface area contributed by atoms with Gasteiger partial charge in [0.2, 0.25) is 0 Å². The molecule has 0 bridgehead atoms. The zero-order chi connectivity index (χ0) is 36.2. The summed E-state index contributed by atoms with van der Waals surface area (Å²) >= 11 is 0. The van der Waals surface area contributed by atoms with Gasteiger partial charge in [-0.15, -0.1) is 0 Å². The molecule has 2 aromatic carbocycles.